The number of hydrogen-bond donors (Lipinski definition) is 1. The summed E-state index contributed by atoms with van der Waals surface area (Å²) < 4.78 is 26.2. The van der Waals surface area contributed by atoms with Crippen LogP contribution in [0.4, 0.5) is 8.78 Å². The van der Waals surface area contributed by atoms with E-state index in [9.17, 15) is 13.6 Å². The fraction of sp³-hybridized carbons (Fsp3) is 0.308. The van der Waals surface area contributed by atoms with E-state index in [2.05, 4.69) is 0 Å². The summed E-state index contributed by atoms with van der Waals surface area (Å²) in [6.07, 6.45) is 2.94. The van der Waals surface area contributed by atoms with Gasteiger partial charge in [-0.3, -0.25) is 0 Å². The van der Waals surface area contributed by atoms with Gasteiger partial charge in [0.2, 0.25) is 0 Å². The summed E-state index contributed by atoms with van der Waals surface area (Å²) in [4.78, 5) is 12.1. The molecule has 0 saturated heterocycles. The number of benzene rings is 1. The van der Waals surface area contributed by atoms with Crippen LogP contribution in [0.15, 0.2) is 30.4 Å². The molecule has 1 aromatic rings. The maximum atomic E-state index is 13.3. The minimum absolute atomic E-state index is 0.323. The number of carboxylic acids is 1. The topological polar surface area (TPSA) is 40.5 Å². The molecule has 18 heavy (non-hydrogen) atoms. The highest BCUT2D eigenvalue weighted by atomic mass is 19.1. The molecule has 1 aromatic carbocycles. The van der Waals surface area contributed by atoms with E-state index in [0.717, 1.165) is 18.2 Å². The fourth-order valence-electron chi connectivity index (χ4n) is 1.47. The third-order valence-electron chi connectivity index (χ3n) is 2.45. The van der Waals surface area contributed by atoms with Gasteiger partial charge in [-0.25, -0.2) is 13.6 Å². The van der Waals surface area contributed by atoms with Crippen LogP contribution in [0.5, 0.6) is 0 Å². The molecule has 0 heterocycles. The zero-order chi connectivity index (χ0) is 13.5. The van der Waals surface area contributed by atoms with Crippen LogP contribution in [0.2, 0.25) is 0 Å². The molecule has 0 aliphatic heterocycles. The van der Waals surface area contributed by atoms with Crippen LogP contribution in [0.1, 0.15) is 5.56 Å². The Morgan fingerprint density at radius 3 is 2.83 bits per heavy atom. The lowest BCUT2D eigenvalue weighted by atomic mass is 10.1. The van der Waals surface area contributed by atoms with Gasteiger partial charge in [0.05, 0.1) is 0 Å². The number of aliphatic carboxylic acids is 1. The zero-order valence-corrected chi connectivity index (χ0v) is 10.1. The lowest BCUT2D eigenvalue weighted by Crippen LogP contribution is -2.21. The monoisotopic (exact) mass is 255 g/mol. The molecule has 1 rings (SSSR count). The highest BCUT2D eigenvalue weighted by molar-refractivity contribution is 5.79. The van der Waals surface area contributed by atoms with Crippen molar-refractivity contribution in [1.29, 1.82) is 0 Å². The number of rotatable bonds is 6. The molecule has 0 saturated carbocycles. The average molecular weight is 255 g/mol. The van der Waals surface area contributed by atoms with Gasteiger partial charge in [-0.1, -0.05) is 6.08 Å². The molecular formula is C13H15F2NO2. The van der Waals surface area contributed by atoms with E-state index in [0.29, 0.717) is 25.1 Å². The Morgan fingerprint density at radius 1 is 1.44 bits per heavy atom. The molecule has 1 N–H and O–H groups in total. The number of likely N-dealkylation sites (N-methyl/N-ethyl adjacent to an activating group) is 1. The molecule has 0 atom stereocenters. The summed E-state index contributed by atoms with van der Waals surface area (Å²) in [5, 5.41) is 8.40. The SMILES string of the molecule is CN(C/C=C/C(=O)O)CCc1cc(F)ccc1F. The maximum absolute atomic E-state index is 13.3. The Kier molecular flexibility index (Phi) is 5.45. The third-order valence-corrected chi connectivity index (χ3v) is 2.45. The lowest BCUT2D eigenvalue weighted by Gasteiger charge is -2.14. The molecule has 0 bridgehead atoms. The molecule has 0 unspecified atom stereocenters. The number of nitrogens with zero attached hydrogens (tertiary/aromatic N) is 1. The second kappa shape index (κ2) is 6.86. The molecule has 0 aromatic heterocycles. The van der Waals surface area contributed by atoms with Crippen LogP contribution in [0.25, 0.3) is 0 Å². The second-order valence-electron chi connectivity index (χ2n) is 3.99. The van der Waals surface area contributed by atoms with Crippen molar-refractivity contribution >= 4 is 5.97 Å². The van der Waals surface area contributed by atoms with Gasteiger partial charge in [-0.15, -0.1) is 0 Å². The molecule has 5 heteroatoms. The minimum Gasteiger partial charge on any atom is -0.478 e. The van der Waals surface area contributed by atoms with Crippen molar-refractivity contribution in [1.82, 2.24) is 4.90 Å². The number of halogens is 2. The molecule has 0 radical (unpaired) electrons. The van der Waals surface area contributed by atoms with Gasteiger partial charge in [0.25, 0.3) is 0 Å². The summed E-state index contributed by atoms with van der Waals surface area (Å²) in [7, 11) is 1.78. The van der Waals surface area contributed by atoms with Gasteiger partial charge in [0, 0.05) is 19.2 Å². The molecular weight excluding hydrogens is 240 g/mol. The predicted octanol–water partition coefficient (Wildman–Crippen LogP) is 2.08. The number of carboxylic acid groups (broad SMARTS) is 1. The lowest BCUT2D eigenvalue weighted by molar-refractivity contribution is -0.131. The maximum Gasteiger partial charge on any atom is 0.328 e. The van der Waals surface area contributed by atoms with Crippen LogP contribution >= 0.6 is 0 Å². The molecule has 0 spiro atoms. The van der Waals surface area contributed by atoms with Crippen molar-refractivity contribution < 1.29 is 18.7 Å². The first-order valence-electron chi connectivity index (χ1n) is 5.51. The first-order chi connectivity index (χ1) is 8.49. The molecule has 98 valence electrons. The van der Waals surface area contributed by atoms with E-state index >= 15 is 0 Å². The van der Waals surface area contributed by atoms with Gasteiger partial charge in [-0.05, 0) is 37.2 Å². The van der Waals surface area contributed by atoms with Crippen LogP contribution in [0.3, 0.4) is 0 Å². The summed E-state index contributed by atoms with van der Waals surface area (Å²) in [6.45, 7) is 0.966. The smallest absolute Gasteiger partial charge is 0.328 e. The third kappa shape index (κ3) is 5.05. The quantitative estimate of drug-likeness (QED) is 0.791. The van der Waals surface area contributed by atoms with E-state index in [1.807, 2.05) is 4.90 Å². The zero-order valence-electron chi connectivity index (χ0n) is 10.1. The van der Waals surface area contributed by atoms with E-state index in [1.54, 1.807) is 7.05 Å². The number of carbonyl (C=O) groups is 1. The van der Waals surface area contributed by atoms with Gasteiger partial charge in [0.15, 0.2) is 0 Å². The van der Waals surface area contributed by atoms with Gasteiger partial charge in [-0.2, -0.15) is 0 Å². The standard InChI is InChI=1S/C13H15F2NO2/c1-16(7-2-3-13(17)18)8-6-10-9-11(14)4-5-12(10)15/h2-5,9H,6-8H2,1H3,(H,17,18)/b3-2+. The minimum atomic E-state index is -1.00. The van der Waals surface area contributed by atoms with Crippen molar-refractivity contribution in [2.45, 2.75) is 6.42 Å². The Labute approximate surface area is 104 Å². The highest BCUT2D eigenvalue weighted by Gasteiger charge is 2.05. The Bertz CT molecular complexity index is 447. The largest absolute Gasteiger partial charge is 0.478 e. The van der Waals surface area contributed by atoms with Crippen molar-refractivity contribution in [2.75, 3.05) is 20.1 Å². The van der Waals surface area contributed by atoms with E-state index < -0.39 is 17.6 Å². The van der Waals surface area contributed by atoms with E-state index in [-0.39, 0.29) is 0 Å². The van der Waals surface area contributed by atoms with Crippen LogP contribution < -0.4 is 0 Å². The summed E-state index contributed by atoms with van der Waals surface area (Å²) in [5.74, 6) is -1.88. The summed E-state index contributed by atoms with van der Waals surface area (Å²) in [5.41, 5.74) is 0.323. The Hall–Kier alpha value is -1.75. The number of hydrogen-bond acceptors (Lipinski definition) is 2. The van der Waals surface area contributed by atoms with Crippen molar-refractivity contribution in [3.63, 3.8) is 0 Å². The second-order valence-corrected chi connectivity index (χ2v) is 3.99. The first kappa shape index (κ1) is 14.3. The van der Waals surface area contributed by atoms with Crippen LogP contribution in [-0.2, 0) is 11.2 Å². The van der Waals surface area contributed by atoms with Crippen LogP contribution in [-0.4, -0.2) is 36.1 Å². The molecule has 0 fully saturated rings. The summed E-state index contributed by atoms with van der Waals surface area (Å²) in [6, 6.07) is 3.36. The van der Waals surface area contributed by atoms with Gasteiger partial charge in [0.1, 0.15) is 11.6 Å². The average Bonchev–Trinajstić information content (AvgIpc) is 2.30. The van der Waals surface area contributed by atoms with Crippen molar-refractivity contribution in [3.05, 3.63) is 47.5 Å². The van der Waals surface area contributed by atoms with E-state index in [4.69, 9.17) is 5.11 Å². The predicted molar refractivity (Wildman–Crippen MR) is 64.3 cm³/mol. The first-order valence-corrected chi connectivity index (χ1v) is 5.51. The van der Waals surface area contributed by atoms with Crippen molar-refractivity contribution in [2.24, 2.45) is 0 Å². The Balaban J connectivity index is 2.44. The molecule has 0 aliphatic carbocycles. The van der Waals surface area contributed by atoms with E-state index in [1.165, 1.54) is 12.1 Å². The Morgan fingerprint density at radius 2 is 2.17 bits per heavy atom. The molecule has 0 amide bonds. The van der Waals surface area contributed by atoms with Crippen molar-refractivity contribution in [3.8, 4) is 0 Å². The normalized spacial score (nSPS) is 11.3. The van der Waals surface area contributed by atoms with Gasteiger partial charge >= 0.3 is 5.97 Å². The summed E-state index contributed by atoms with van der Waals surface area (Å²) >= 11 is 0. The van der Waals surface area contributed by atoms with Gasteiger partial charge < -0.3 is 10.0 Å². The molecule has 0 aliphatic rings. The fourth-order valence-corrected chi connectivity index (χ4v) is 1.47. The van der Waals surface area contributed by atoms with Crippen LogP contribution in [0, 0.1) is 11.6 Å². The molecule has 3 nitrogen and oxygen atoms in total. The highest BCUT2D eigenvalue weighted by Crippen LogP contribution is 2.10.